The lowest BCUT2D eigenvalue weighted by Gasteiger charge is -2.25. The Labute approximate surface area is 165 Å². The molecule has 0 saturated heterocycles. The summed E-state index contributed by atoms with van der Waals surface area (Å²) in [5.74, 6) is 0. The molecule has 3 N–H and O–H groups in total. The van der Waals surface area contributed by atoms with Crippen LogP contribution in [0.25, 0.3) is 33.1 Å². The van der Waals surface area contributed by atoms with E-state index in [0.29, 0.717) is 0 Å². The van der Waals surface area contributed by atoms with Gasteiger partial charge >= 0.3 is 7.60 Å². The van der Waals surface area contributed by atoms with E-state index < -0.39 is 27.1 Å². The molecule has 0 aliphatic carbocycles. The topological polar surface area (TPSA) is 135 Å². The highest BCUT2D eigenvalue weighted by atomic mass is 31.2. The number of aromatic nitrogens is 1. The van der Waals surface area contributed by atoms with Gasteiger partial charge in [-0.1, -0.05) is 24.3 Å². The van der Waals surface area contributed by atoms with Gasteiger partial charge in [-0.2, -0.15) is 0 Å². The van der Waals surface area contributed by atoms with Gasteiger partial charge in [0.2, 0.25) is 0 Å². The maximum Gasteiger partial charge on any atom is 0.343 e. The molecule has 0 aliphatic heterocycles. The number of benzene rings is 2. The molecule has 0 saturated carbocycles. The van der Waals surface area contributed by atoms with E-state index in [1.807, 2.05) is 42.5 Å². The van der Waals surface area contributed by atoms with Gasteiger partial charge < -0.3 is 28.6 Å². The van der Waals surface area contributed by atoms with Crippen LogP contribution in [0.15, 0.2) is 71.4 Å². The Morgan fingerprint density at radius 2 is 1.55 bits per heavy atom. The predicted octanol–water partition coefficient (Wildman–Crippen LogP) is 2.59. The maximum absolute atomic E-state index is 11.4. The van der Waals surface area contributed by atoms with Crippen molar-refractivity contribution in [2.75, 3.05) is 0 Å². The second-order valence-corrected chi connectivity index (χ2v) is 10.7. The van der Waals surface area contributed by atoms with Crippen LogP contribution in [-0.2, 0) is 15.7 Å². The molecule has 29 heavy (non-hydrogen) atoms. The standard InChI is InChI=1S/C19H17NO7P2/c21-28(22,23)19(29(24,25)26)12-20-9-7-13(8-10-20)14-5-6-18-16(11-14)15-3-1-2-4-17(15)27-18/h1-11,19H,12H2,(H3-,21,22,23,24,25,26). The summed E-state index contributed by atoms with van der Waals surface area (Å²) in [5, 5.41) is -0.238. The summed E-state index contributed by atoms with van der Waals surface area (Å²) in [4.78, 5) is 39.0. The quantitative estimate of drug-likeness (QED) is 0.325. The number of para-hydroxylation sites is 1. The molecule has 2 aromatic heterocycles. The number of rotatable bonds is 5. The smallest absolute Gasteiger partial charge is 0.343 e. The highest BCUT2D eigenvalue weighted by Crippen LogP contribution is 2.57. The van der Waals surface area contributed by atoms with Crippen molar-refractivity contribution in [1.82, 2.24) is 0 Å². The number of fused-ring (bicyclic) bond motifs is 3. The number of hydrogen-bond acceptors (Lipinski definition) is 4. The Morgan fingerprint density at radius 3 is 2.21 bits per heavy atom. The van der Waals surface area contributed by atoms with E-state index in [9.17, 15) is 23.8 Å². The van der Waals surface area contributed by atoms with Crippen molar-refractivity contribution in [3.05, 3.63) is 67.0 Å². The van der Waals surface area contributed by atoms with E-state index >= 15 is 0 Å². The van der Waals surface area contributed by atoms with Crippen LogP contribution >= 0.6 is 15.2 Å². The van der Waals surface area contributed by atoms with Crippen molar-refractivity contribution in [2.45, 2.75) is 11.9 Å². The average Bonchev–Trinajstić information content (AvgIpc) is 3.02. The van der Waals surface area contributed by atoms with Gasteiger partial charge in [-0.3, -0.25) is 4.57 Å². The third-order valence-electron chi connectivity index (χ3n) is 4.74. The Hall–Kier alpha value is -2.31. The first-order valence-electron chi connectivity index (χ1n) is 8.62. The Bertz CT molecular complexity index is 1270. The van der Waals surface area contributed by atoms with Crippen LogP contribution in [-0.4, -0.2) is 20.1 Å². The second kappa shape index (κ2) is 7.18. The predicted molar refractivity (Wildman–Crippen MR) is 105 cm³/mol. The van der Waals surface area contributed by atoms with Crippen LogP contribution in [0.1, 0.15) is 0 Å². The highest BCUT2D eigenvalue weighted by molar-refractivity contribution is 7.70. The molecule has 0 fully saturated rings. The molecular weight excluding hydrogens is 416 g/mol. The number of nitrogens with zero attached hydrogens (tertiary/aromatic N) is 1. The maximum atomic E-state index is 11.4. The third-order valence-corrected chi connectivity index (χ3v) is 8.37. The normalized spacial score (nSPS) is 15.4. The van der Waals surface area contributed by atoms with E-state index in [0.717, 1.165) is 33.1 Å². The first-order valence-corrected chi connectivity index (χ1v) is 12.0. The zero-order valence-corrected chi connectivity index (χ0v) is 16.7. The minimum absolute atomic E-state index is 0.562. The van der Waals surface area contributed by atoms with Gasteiger partial charge in [0.15, 0.2) is 31.9 Å². The lowest BCUT2D eigenvalue weighted by Crippen LogP contribution is -2.40. The summed E-state index contributed by atoms with van der Waals surface area (Å²) < 4.78 is 29.9. The van der Waals surface area contributed by atoms with Gasteiger partial charge in [0.25, 0.3) is 0 Å². The Kier molecular flexibility index (Phi) is 4.95. The minimum Gasteiger partial charge on any atom is -0.778 e. The summed E-state index contributed by atoms with van der Waals surface area (Å²) in [7, 11) is -10.3. The van der Waals surface area contributed by atoms with Crippen molar-refractivity contribution in [3.8, 4) is 11.1 Å². The first-order chi connectivity index (χ1) is 13.6. The van der Waals surface area contributed by atoms with E-state index in [2.05, 4.69) is 0 Å². The summed E-state index contributed by atoms with van der Waals surface area (Å²) in [6.07, 6.45) is 3.01. The van der Waals surface area contributed by atoms with Gasteiger partial charge in [-0.05, 0) is 29.3 Å². The van der Waals surface area contributed by atoms with E-state index in [1.54, 1.807) is 12.1 Å². The van der Waals surface area contributed by atoms with E-state index in [1.165, 1.54) is 17.0 Å². The van der Waals surface area contributed by atoms with Gasteiger partial charge in [0, 0.05) is 22.9 Å². The van der Waals surface area contributed by atoms with Crippen molar-refractivity contribution in [2.24, 2.45) is 0 Å². The fraction of sp³-hybridized carbons (Fsp3) is 0.105. The van der Waals surface area contributed by atoms with Crippen molar-refractivity contribution in [3.63, 3.8) is 0 Å². The molecule has 0 bridgehead atoms. The molecule has 8 nitrogen and oxygen atoms in total. The first kappa shape index (κ1) is 20.0. The highest BCUT2D eigenvalue weighted by Gasteiger charge is 2.40. The van der Waals surface area contributed by atoms with Crippen molar-refractivity contribution in [1.29, 1.82) is 0 Å². The third kappa shape index (κ3) is 4.05. The lowest BCUT2D eigenvalue weighted by atomic mass is 10.0. The molecule has 4 rings (SSSR count). The van der Waals surface area contributed by atoms with Crippen LogP contribution in [0.2, 0.25) is 0 Å². The average molecular weight is 433 g/mol. The summed E-state index contributed by atoms with van der Waals surface area (Å²) in [6, 6.07) is 16.9. The zero-order chi connectivity index (χ0) is 20.8. The van der Waals surface area contributed by atoms with Gasteiger partial charge in [0.1, 0.15) is 11.2 Å². The number of pyridine rings is 1. The molecule has 10 heteroatoms. The molecule has 0 radical (unpaired) electrons. The fourth-order valence-corrected chi connectivity index (χ4v) is 5.58. The molecule has 0 spiro atoms. The molecule has 2 atom stereocenters. The summed E-state index contributed by atoms with van der Waals surface area (Å²) in [5.41, 5.74) is 3.29. The van der Waals surface area contributed by atoms with Crippen molar-refractivity contribution >= 4 is 37.1 Å². The Balaban J connectivity index is 1.66. The van der Waals surface area contributed by atoms with Gasteiger partial charge in [0.05, 0.1) is 0 Å². The van der Waals surface area contributed by atoms with Gasteiger partial charge in [-0.15, -0.1) is 0 Å². The molecule has 2 unspecified atom stereocenters. The largest absolute Gasteiger partial charge is 0.778 e. The molecule has 2 heterocycles. The van der Waals surface area contributed by atoms with Crippen molar-refractivity contribution < 1.29 is 37.7 Å². The molecular formula is C19H17NO7P2. The SMILES string of the molecule is O=P([O-])(O)C(C[n+]1ccc(-c2ccc3oc4ccccc4c3c2)cc1)P(=O)(O)O. The molecule has 4 aromatic rings. The van der Waals surface area contributed by atoms with Crippen LogP contribution < -0.4 is 9.46 Å². The molecule has 2 aromatic carbocycles. The second-order valence-electron chi connectivity index (χ2n) is 6.73. The van der Waals surface area contributed by atoms with E-state index in [4.69, 9.17) is 9.31 Å². The van der Waals surface area contributed by atoms with Gasteiger partial charge in [-0.25, -0.2) is 4.57 Å². The molecule has 150 valence electrons. The fourth-order valence-electron chi connectivity index (χ4n) is 3.27. The molecule has 0 aliphatic rings. The molecule has 0 amide bonds. The minimum atomic E-state index is -5.22. The van der Waals surface area contributed by atoms with Crippen LogP contribution in [0, 0.1) is 0 Å². The van der Waals surface area contributed by atoms with Crippen LogP contribution in [0.3, 0.4) is 0 Å². The zero-order valence-electron chi connectivity index (χ0n) is 15.0. The van der Waals surface area contributed by atoms with Crippen LogP contribution in [0.4, 0.5) is 0 Å². The summed E-state index contributed by atoms with van der Waals surface area (Å²) >= 11 is 0. The number of furan rings is 1. The Morgan fingerprint density at radius 1 is 0.897 bits per heavy atom. The lowest BCUT2D eigenvalue weighted by molar-refractivity contribution is -0.694. The monoisotopic (exact) mass is 433 g/mol. The number of hydrogen-bond donors (Lipinski definition) is 3. The van der Waals surface area contributed by atoms with E-state index in [-0.39, 0.29) is 0 Å². The summed E-state index contributed by atoms with van der Waals surface area (Å²) in [6.45, 7) is -0.562. The van der Waals surface area contributed by atoms with Crippen LogP contribution in [0.5, 0.6) is 0 Å².